The van der Waals surface area contributed by atoms with E-state index in [-0.39, 0.29) is 0 Å². The molecule has 2 rings (SSSR count). The highest BCUT2D eigenvalue weighted by Gasteiger charge is 2.04. The van der Waals surface area contributed by atoms with Crippen molar-refractivity contribution < 1.29 is 4.74 Å². The van der Waals surface area contributed by atoms with Crippen molar-refractivity contribution in [3.8, 4) is 11.5 Å². The highest BCUT2D eigenvalue weighted by atomic mass is 16.5. The molecule has 1 radical (unpaired) electrons. The summed E-state index contributed by atoms with van der Waals surface area (Å²) in [6.45, 7) is 5.82. The maximum Gasteiger partial charge on any atom is 0.134 e. The third-order valence-corrected chi connectivity index (χ3v) is 2.59. The number of benzene rings is 2. The third-order valence-electron chi connectivity index (χ3n) is 2.59. The van der Waals surface area contributed by atoms with Crippen molar-refractivity contribution in [1.82, 2.24) is 0 Å². The van der Waals surface area contributed by atoms with Crippen LogP contribution in [0.1, 0.15) is 12.5 Å². The molecule has 0 heterocycles. The van der Waals surface area contributed by atoms with Gasteiger partial charge in [-0.15, -0.1) is 0 Å². The average Bonchev–Trinajstić information content (AvgIpc) is 2.40. The Kier molecular flexibility index (Phi) is 3.61. The lowest BCUT2D eigenvalue weighted by Gasteiger charge is -2.11. The van der Waals surface area contributed by atoms with E-state index in [1.807, 2.05) is 67.6 Å². The quantitative estimate of drug-likeness (QED) is 0.731. The summed E-state index contributed by atoms with van der Waals surface area (Å²) in [7, 11) is 0. The van der Waals surface area contributed by atoms with Crippen LogP contribution in [-0.2, 0) is 0 Å². The molecule has 0 saturated heterocycles. The number of hydrogen-bond donors (Lipinski definition) is 0. The van der Waals surface area contributed by atoms with E-state index in [0.717, 1.165) is 22.6 Å². The van der Waals surface area contributed by atoms with Crippen molar-refractivity contribution in [3.05, 3.63) is 73.2 Å². The van der Waals surface area contributed by atoms with Crippen LogP contribution in [0.4, 0.5) is 0 Å². The van der Waals surface area contributed by atoms with Crippen molar-refractivity contribution >= 4 is 5.57 Å². The van der Waals surface area contributed by atoms with E-state index in [1.165, 1.54) is 0 Å². The normalized spacial score (nSPS) is 11.3. The van der Waals surface area contributed by atoms with Crippen LogP contribution >= 0.6 is 0 Å². The standard InChI is InChI=1S/C16H15O/c1-3-13(2)15-11-7-8-12-16(15)17-14-9-5-4-6-10-14/h3-12H,1H2,2H3. The summed E-state index contributed by atoms with van der Waals surface area (Å²) in [4.78, 5) is 0. The predicted molar refractivity (Wildman–Crippen MR) is 72.0 cm³/mol. The van der Waals surface area contributed by atoms with Crippen LogP contribution in [0, 0.1) is 6.92 Å². The van der Waals surface area contributed by atoms with Gasteiger partial charge in [-0.05, 0) is 37.6 Å². The van der Waals surface area contributed by atoms with Gasteiger partial charge in [-0.2, -0.15) is 0 Å². The minimum absolute atomic E-state index is 0.844. The molecule has 0 aliphatic heterocycles. The van der Waals surface area contributed by atoms with Gasteiger partial charge < -0.3 is 4.74 Å². The fourth-order valence-corrected chi connectivity index (χ4v) is 1.61. The SMILES string of the molecule is [CH2]C=C(C)c1ccccc1Oc1ccccc1. The summed E-state index contributed by atoms with van der Waals surface area (Å²) in [6.07, 6.45) is 1.84. The predicted octanol–water partition coefficient (Wildman–Crippen LogP) is 4.72. The monoisotopic (exact) mass is 223 g/mol. The van der Waals surface area contributed by atoms with Gasteiger partial charge in [-0.25, -0.2) is 0 Å². The zero-order chi connectivity index (χ0) is 12.1. The number of rotatable bonds is 3. The second-order valence-electron chi connectivity index (χ2n) is 3.80. The Bertz CT molecular complexity index is 512. The van der Waals surface area contributed by atoms with Gasteiger partial charge in [0, 0.05) is 5.56 Å². The fraction of sp³-hybridized carbons (Fsp3) is 0.0625. The first-order valence-electron chi connectivity index (χ1n) is 5.59. The zero-order valence-electron chi connectivity index (χ0n) is 9.89. The second-order valence-corrected chi connectivity index (χ2v) is 3.80. The van der Waals surface area contributed by atoms with Gasteiger partial charge in [0.05, 0.1) is 0 Å². The van der Waals surface area contributed by atoms with Gasteiger partial charge in [0.2, 0.25) is 0 Å². The maximum absolute atomic E-state index is 5.86. The molecule has 0 aliphatic carbocycles. The second kappa shape index (κ2) is 5.35. The van der Waals surface area contributed by atoms with Crippen molar-refractivity contribution in [2.75, 3.05) is 0 Å². The molecular formula is C16H15O. The molecule has 1 heteroatoms. The number of ether oxygens (including phenoxy) is 1. The van der Waals surface area contributed by atoms with E-state index in [1.54, 1.807) is 0 Å². The number of allylic oxidation sites excluding steroid dienone is 2. The molecule has 0 spiro atoms. The molecule has 0 N–H and O–H groups in total. The Labute approximate surface area is 102 Å². The lowest BCUT2D eigenvalue weighted by atomic mass is 10.1. The summed E-state index contributed by atoms with van der Waals surface area (Å²) in [6, 6.07) is 17.8. The maximum atomic E-state index is 5.86. The first kappa shape index (κ1) is 11.5. The highest BCUT2D eigenvalue weighted by molar-refractivity contribution is 5.69. The van der Waals surface area contributed by atoms with Crippen LogP contribution in [0.2, 0.25) is 0 Å². The van der Waals surface area contributed by atoms with Crippen LogP contribution in [0.5, 0.6) is 11.5 Å². The van der Waals surface area contributed by atoms with E-state index in [0.29, 0.717) is 0 Å². The molecule has 0 saturated carbocycles. The molecule has 2 aromatic rings. The lowest BCUT2D eigenvalue weighted by Crippen LogP contribution is -1.89. The molecule has 0 aliphatic rings. The summed E-state index contributed by atoms with van der Waals surface area (Å²) in [5, 5.41) is 0. The molecule has 0 fully saturated rings. The highest BCUT2D eigenvalue weighted by Crippen LogP contribution is 2.29. The molecular weight excluding hydrogens is 208 g/mol. The molecule has 0 bridgehead atoms. The topological polar surface area (TPSA) is 9.23 Å². The van der Waals surface area contributed by atoms with Gasteiger partial charge >= 0.3 is 0 Å². The lowest BCUT2D eigenvalue weighted by molar-refractivity contribution is 0.481. The minimum Gasteiger partial charge on any atom is -0.457 e. The molecule has 17 heavy (non-hydrogen) atoms. The van der Waals surface area contributed by atoms with Crippen LogP contribution < -0.4 is 4.74 Å². The Morgan fingerprint density at radius 1 is 1.00 bits per heavy atom. The van der Waals surface area contributed by atoms with E-state index in [4.69, 9.17) is 4.74 Å². The molecule has 2 aromatic carbocycles. The molecule has 1 nitrogen and oxygen atoms in total. The Morgan fingerprint density at radius 3 is 2.35 bits per heavy atom. The first-order valence-corrected chi connectivity index (χ1v) is 5.59. The first-order chi connectivity index (χ1) is 8.31. The molecule has 0 aromatic heterocycles. The van der Waals surface area contributed by atoms with Crippen molar-refractivity contribution in [3.63, 3.8) is 0 Å². The van der Waals surface area contributed by atoms with Crippen LogP contribution in [0.3, 0.4) is 0 Å². The van der Waals surface area contributed by atoms with Crippen LogP contribution in [0.15, 0.2) is 60.7 Å². The van der Waals surface area contributed by atoms with Crippen molar-refractivity contribution in [1.29, 1.82) is 0 Å². The summed E-state index contributed by atoms with van der Waals surface area (Å²) in [5.41, 5.74) is 2.18. The average molecular weight is 223 g/mol. The molecule has 0 atom stereocenters. The minimum atomic E-state index is 0.844. The van der Waals surface area contributed by atoms with E-state index in [9.17, 15) is 0 Å². The van der Waals surface area contributed by atoms with E-state index >= 15 is 0 Å². The van der Waals surface area contributed by atoms with Gasteiger partial charge in [0.15, 0.2) is 0 Å². The summed E-state index contributed by atoms with van der Waals surface area (Å²) >= 11 is 0. The number of para-hydroxylation sites is 2. The largest absolute Gasteiger partial charge is 0.457 e. The van der Waals surface area contributed by atoms with Gasteiger partial charge in [-0.1, -0.05) is 42.5 Å². The van der Waals surface area contributed by atoms with E-state index < -0.39 is 0 Å². The molecule has 0 amide bonds. The third kappa shape index (κ3) is 2.76. The Balaban J connectivity index is 2.33. The molecule has 85 valence electrons. The molecule has 0 unspecified atom stereocenters. The fourth-order valence-electron chi connectivity index (χ4n) is 1.61. The smallest absolute Gasteiger partial charge is 0.134 e. The summed E-state index contributed by atoms with van der Waals surface area (Å²) in [5.74, 6) is 1.70. The van der Waals surface area contributed by atoms with Crippen molar-refractivity contribution in [2.24, 2.45) is 0 Å². The van der Waals surface area contributed by atoms with Gasteiger partial charge in [-0.3, -0.25) is 0 Å². The summed E-state index contributed by atoms with van der Waals surface area (Å²) < 4.78 is 5.86. The van der Waals surface area contributed by atoms with Gasteiger partial charge in [0.25, 0.3) is 0 Å². The number of hydrogen-bond acceptors (Lipinski definition) is 1. The van der Waals surface area contributed by atoms with Crippen molar-refractivity contribution in [2.45, 2.75) is 6.92 Å². The van der Waals surface area contributed by atoms with Gasteiger partial charge in [0.1, 0.15) is 11.5 Å². The Morgan fingerprint density at radius 2 is 1.65 bits per heavy atom. The van der Waals surface area contributed by atoms with Crippen LogP contribution in [0.25, 0.3) is 5.57 Å². The van der Waals surface area contributed by atoms with Crippen LogP contribution in [-0.4, -0.2) is 0 Å². The Hall–Kier alpha value is -2.02. The van der Waals surface area contributed by atoms with E-state index in [2.05, 4.69) is 6.92 Å². The zero-order valence-corrected chi connectivity index (χ0v) is 9.89.